The van der Waals surface area contributed by atoms with Gasteiger partial charge in [0, 0.05) is 30.7 Å². The lowest BCUT2D eigenvalue weighted by atomic mass is 9.91. The quantitative estimate of drug-likeness (QED) is 0.931. The topological polar surface area (TPSA) is 87.1 Å². The summed E-state index contributed by atoms with van der Waals surface area (Å²) in [6, 6.07) is 2.91. The van der Waals surface area contributed by atoms with Crippen molar-refractivity contribution in [2.75, 3.05) is 0 Å². The summed E-state index contributed by atoms with van der Waals surface area (Å²) in [5.74, 6) is -1.68. The first-order valence-corrected chi connectivity index (χ1v) is 6.53. The lowest BCUT2D eigenvalue weighted by Gasteiger charge is -2.34. The molecule has 0 unspecified atom stereocenters. The van der Waals surface area contributed by atoms with Crippen molar-refractivity contribution in [2.24, 2.45) is 5.73 Å². The van der Waals surface area contributed by atoms with Crippen LogP contribution in [0.25, 0.3) is 11.4 Å². The van der Waals surface area contributed by atoms with Gasteiger partial charge in [-0.05, 0) is 13.0 Å². The fourth-order valence-electron chi connectivity index (χ4n) is 2.01. The highest BCUT2D eigenvalue weighted by molar-refractivity contribution is 5.55. The van der Waals surface area contributed by atoms with Gasteiger partial charge in [-0.1, -0.05) is 5.16 Å². The van der Waals surface area contributed by atoms with Crippen molar-refractivity contribution in [3.63, 3.8) is 0 Å². The molecule has 3 rings (SSSR count). The normalized spacial score (nSPS) is 19.0. The Balaban J connectivity index is 1.73. The lowest BCUT2D eigenvalue weighted by Crippen LogP contribution is -2.43. The zero-order valence-corrected chi connectivity index (χ0v) is 11.3. The SMILES string of the molecule is C[C@H](N)c1nc(-c2ccnc(OC3CC(F)(F)C3)c2)no1. The van der Waals surface area contributed by atoms with Crippen LogP contribution in [0.2, 0.25) is 0 Å². The fraction of sp³-hybridized carbons (Fsp3) is 0.462. The van der Waals surface area contributed by atoms with Gasteiger partial charge in [-0.3, -0.25) is 0 Å². The number of nitrogens with zero attached hydrogens (tertiary/aromatic N) is 3. The van der Waals surface area contributed by atoms with E-state index < -0.39 is 12.0 Å². The molecule has 1 fully saturated rings. The number of rotatable bonds is 4. The van der Waals surface area contributed by atoms with Crippen molar-refractivity contribution < 1.29 is 18.0 Å². The van der Waals surface area contributed by atoms with Crippen LogP contribution in [0.4, 0.5) is 8.78 Å². The number of nitrogens with two attached hydrogens (primary N) is 1. The maximum absolute atomic E-state index is 12.8. The summed E-state index contributed by atoms with van der Waals surface area (Å²) in [5, 5.41) is 3.82. The number of pyridine rings is 1. The first-order valence-electron chi connectivity index (χ1n) is 6.53. The molecule has 1 atom stereocenters. The molecule has 0 spiro atoms. The van der Waals surface area contributed by atoms with Gasteiger partial charge in [-0.2, -0.15) is 4.98 Å². The molecule has 2 N–H and O–H groups in total. The monoisotopic (exact) mass is 296 g/mol. The number of alkyl halides is 2. The minimum atomic E-state index is -2.62. The Morgan fingerprint density at radius 1 is 1.48 bits per heavy atom. The van der Waals surface area contributed by atoms with Crippen LogP contribution in [0.15, 0.2) is 22.9 Å². The third kappa shape index (κ3) is 2.99. The van der Waals surface area contributed by atoms with Crippen molar-refractivity contribution in [1.29, 1.82) is 0 Å². The van der Waals surface area contributed by atoms with Crippen molar-refractivity contribution in [3.05, 3.63) is 24.2 Å². The molecule has 2 heterocycles. The van der Waals surface area contributed by atoms with Gasteiger partial charge in [-0.25, -0.2) is 13.8 Å². The second kappa shape index (κ2) is 5.03. The minimum absolute atomic E-state index is 0.264. The van der Waals surface area contributed by atoms with Crippen molar-refractivity contribution in [3.8, 4) is 17.3 Å². The van der Waals surface area contributed by atoms with Crippen molar-refractivity contribution >= 4 is 0 Å². The summed E-state index contributed by atoms with van der Waals surface area (Å²) in [7, 11) is 0. The standard InChI is InChI=1S/C13H14F2N4O2/c1-7(16)12-18-11(19-21-12)8-2-3-17-10(4-8)20-9-5-13(14,15)6-9/h2-4,7,9H,5-6,16H2,1H3/t7-/m0/s1. The van der Waals surface area contributed by atoms with Crippen LogP contribution in [0, 0.1) is 0 Å². The highest BCUT2D eigenvalue weighted by Gasteiger charge is 2.47. The zero-order chi connectivity index (χ0) is 15.0. The lowest BCUT2D eigenvalue weighted by molar-refractivity contribution is -0.135. The van der Waals surface area contributed by atoms with Gasteiger partial charge in [0.15, 0.2) is 0 Å². The van der Waals surface area contributed by atoms with E-state index >= 15 is 0 Å². The minimum Gasteiger partial charge on any atom is -0.474 e. The van der Waals surface area contributed by atoms with Gasteiger partial charge in [0.25, 0.3) is 5.92 Å². The number of hydrogen-bond donors (Lipinski definition) is 1. The van der Waals surface area contributed by atoms with Gasteiger partial charge in [0.1, 0.15) is 6.10 Å². The van der Waals surface area contributed by atoms with Crippen LogP contribution in [0.1, 0.15) is 31.7 Å². The molecule has 1 saturated carbocycles. The molecule has 112 valence electrons. The fourth-order valence-corrected chi connectivity index (χ4v) is 2.01. The molecule has 2 aromatic heterocycles. The molecule has 0 aromatic carbocycles. The number of halogens is 2. The second-order valence-electron chi connectivity index (χ2n) is 5.13. The van der Waals surface area contributed by atoms with Crippen molar-refractivity contribution in [2.45, 2.75) is 37.8 Å². The molecule has 21 heavy (non-hydrogen) atoms. The van der Waals surface area contributed by atoms with Crippen LogP contribution in [0.5, 0.6) is 5.88 Å². The van der Waals surface area contributed by atoms with Crippen LogP contribution in [-0.4, -0.2) is 27.2 Å². The average molecular weight is 296 g/mol. The van der Waals surface area contributed by atoms with E-state index in [9.17, 15) is 8.78 Å². The van der Waals surface area contributed by atoms with Gasteiger partial charge in [-0.15, -0.1) is 0 Å². The van der Waals surface area contributed by atoms with Gasteiger partial charge in [0.05, 0.1) is 6.04 Å². The number of ether oxygens (including phenoxy) is 1. The Morgan fingerprint density at radius 3 is 2.86 bits per heavy atom. The van der Waals surface area contributed by atoms with Gasteiger partial charge < -0.3 is 15.0 Å². The molecule has 0 amide bonds. The molecule has 6 nitrogen and oxygen atoms in total. The highest BCUT2D eigenvalue weighted by atomic mass is 19.3. The van der Waals surface area contributed by atoms with Crippen LogP contribution < -0.4 is 10.5 Å². The molecular formula is C13H14F2N4O2. The molecule has 0 aliphatic heterocycles. The molecule has 1 aliphatic carbocycles. The zero-order valence-electron chi connectivity index (χ0n) is 11.3. The van der Waals surface area contributed by atoms with Gasteiger partial charge in [0.2, 0.25) is 17.6 Å². The molecular weight excluding hydrogens is 282 g/mol. The predicted molar refractivity (Wildman–Crippen MR) is 68.7 cm³/mol. The van der Waals surface area contributed by atoms with E-state index in [-0.39, 0.29) is 24.8 Å². The van der Waals surface area contributed by atoms with Gasteiger partial charge >= 0.3 is 0 Å². The molecule has 0 saturated heterocycles. The molecule has 1 aliphatic rings. The second-order valence-corrected chi connectivity index (χ2v) is 5.13. The summed E-state index contributed by atoms with van der Waals surface area (Å²) in [4.78, 5) is 8.15. The number of hydrogen-bond acceptors (Lipinski definition) is 6. The predicted octanol–water partition coefficient (Wildman–Crippen LogP) is 2.33. The summed E-state index contributed by atoms with van der Waals surface area (Å²) in [6.07, 6.45) is 0.433. The van der Waals surface area contributed by atoms with E-state index in [1.165, 1.54) is 6.20 Å². The third-order valence-corrected chi connectivity index (χ3v) is 3.16. The first kappa shape index (κ1) is 13.9. The van der Waals surface area contributed by atoms with Crippen molar-refractivity contribution in [1.82, 2.24) is 15.1 Å². The van der Waals surface area contributed by atoms with Crippen LogP contribution >= 0.6 is 0 Å². The molecule has 0 radical (unpaired) electrons. The maximum Gasteiger partial charge on any atom is 0.255 e. The summed E-state index contributed by atoms with van der Waals surface area (Å²) < 4.78 is 36.0. The first-order chi connectivity index (χ1) is 9.93. The Labute approximate surface area is 119 Å². The van der Waals surface area contributed by atoms with E-state index in [0.29, 0.717) is 17.3 Å². The van der Waals surface area contributed by atoms with E-state index in [0.717, 1.165) is 0 Å². The Bertz CT molecular complexity index is 637. The van der Waals surface area contributed by atoms with Crippen LogP contribution in [-0.2, 0) is 0 Å². The Hall–Kier alpha value is -2.09. The van der Waals surface area contributed by atoms with E-state index in [4.69, 9.17) is 15.0 Å². The molecule has 2 aromatic rings. The smallest absolute Gasteiger partial charge is 0.255 e. The van der Waals surface area contributed by atoms with E-state index in [1.807, 2.05) is 0 Å². The average Bonchev–Trinajstić information content (AvgIpc) is 2.86. The van der Waals surface area contributed by atoms with Crippen LogP contribution in [0.3, 0.4) is 0 Å². The summed E-state index contributed by atoms with van der Waals surface area (Å²) >= 11 is 0. The van der Waals surface area contributed by atoms with E-state index in [1.54, 1.807) is 19.1 Å². The molecule has 0 bridgehead atoms. The summed E-state index contributed by atoms with van der Waals surface area (Å²) in [6.45, 7) is 1.73. The molecule has 8 heteroatoms. The Kier molecular flexibility index (Phi) is 3.32. The summed E-state index contributed by atoms with van der Waals surface area (Å²) in [5.41, 5.74) is 6.27. The largest absolute Gasteiger partial charge is 0.474 e. The third-order valence-electron chi connectivity index (χ3n) is 3.16. The Morgan fingerprint density at radius 2 is 2.24 bits per heavy atom. The highest BCUT2D eigenvalue weighted by Crippen LogP contribution is 2.39. The van der Waals surface area contributed by atoms with E-state index in [2.05, 4.69) is 15.1 Å². The maximum atomic E-state index is 12.8. The number of aromatic nitrogens is 3.